The summed E-state index contributed by atoms with van der Waals surface area (Å²) in [5.74, 6) is -0.324. The van der Waals surface area contributed by atoms with Crippen LogP contribution in [0, 0.1) is 13.8 Å². The van der Waals surface area contributed by atoms with Gasteiger partial charge in [-0.1, -0.05) is 53.3 Å². The second-order valence-electron chi connectivity index (χ2n) is 9.78. The minimum absolute atomic E-state index is 0.122. The molecule has 1 fully saturated rings. The van der Waals surface area contributed by atoms with Gasteiger partial charge in [0.1, 0.15) is 11.4 Å². The van der Waals surface area contributed by atoms with E-state index < -0.39 is 0 Å². The van der Waals surface area contributed by atoms with E-state index in [-0.39, 0.29) is 17.4 Å². The minimum atomic E-state index is -0.387. The van der Waals surface area contributed by atoms with Crippen LogP contribution >= 0.6 is 11.3 Å². The topological polar surface area (TPSA) is 88.4 Å². The zero-order valence-electron chi connectivity index (χ0n) is 21.4. The molecule has 3 aromatic heterocycles. The van der Waals surface area contributed by atoms with Gasteiger partial charge < -0.3 is 10.6 Å². The summed E-state index contributed by atoms with van der Waals surface area (Å²) in [7, 11) is 1.62. The molecule has 6 rings (SSSR count). The van der Waals surface area contributed by atoms with E-state index in [0.717, 1.165) is 50.6 Å². The molecule has 2 aromatic carbocycles. The Labute approximate surface area is 224 Å². The highest BCUT2D eigenvalue weighted by molar-refractivity contribution is 7.20. The third-order valence-electron chi connectivity index (χ3n) is 7.12. The van der Waals surface area contributed by atoms with Crippen LogP contribution in [0.4, 0.5) is 0 Å². The van der Waals surface area contributed by atoms with Gasteiger partial charge in [0.2, 0.25) is 0 Å². The number of imidazole rings is 1. The van der Waals surface area contributed by atoms with Crippen molar-refractivity contribution in [3.05, 3.63) is 101 Å². The third-order valence-corrected chi connectivity index (χ3v) is 8.13. The number of pyridine rings is 1. The Morgan fingerprint density at radius 3 is 2.47 bits per heavy atom. The number of hydrogen-bond acceptors (Lipinski definition) is 5. The number of aryl methyl sites for hydroxylation is 2. The first-order chi connectivity index (χ1) is 18.4. The van der Waals surface area contributed by atoms with Crippen molar-refractivity contribution in [2.75, 3.05) is 7.05 Å². The maximum absolute atomic E-state index is 13.3. The lowest BCUT2D eigenvalue weighted by molar-refractivity contribution is 0.0927. The monoisotopic (exact) mass is 521 g/mol. The summed E-state index contributed by atoms with van der Waals surface area (Å²) in [6.07, 6.45) is 5.45. The van der Waals surface area contributed by atoms with Crippen LogP contribution in [0.2, 0.25) is 0 Å². The maximum Gasteiger partial charge on any atom is 0.270 e. The van der Waals surface area contributed by atoms with E-state index >= 15 is 0 Å². The number of carbonyl (C=O) groups excluding carboxylic acids is 2. The smallest absolute Gasteiger partial charge is 0.270 e. The van der Waals surface area contributed by atoms with Gasteiger partial charge in [0.05, 0.1) is 16.1 Å². The van der Waals surface area contributed by atoms with Crippen molar-refractivity contribution in [2.24, 2.45) is 0 Å². The average Bonchev–Trinajstić information content (AvgIpc) is 3.46. The number of aromatic nitrogens is 3. The third kappa shape index (κ3) is 4.16. The van der Waals surface area contributed by atoms with Crippen LogP contribution < -0.4 is 10.6 Å². The number of hydrogen-bond donors (Lipinski definition) is 2. The first-order valence-electron chi connectivity index (χ1n) is 12.5. The van der Waals surface area contributed by atoms with E-state index in [1.165, 1.54) is 11.3 Å². The van der Waals surface area contributed by atoms with Crippen molar-refractivity contribution in [3.8, 4) is 21.7 Å². The number of thiazole rings is 1. The molecule has 0 radical (unpaired) electrons. The van der Waals surface area contributed by atoms with Gasteiger partial charge >= 0.3 is 0 Å². The molecular formula is C30H27N5O2S. The van der Waals surface area contributed by atoms with E-state index in [1.807, 2.05) is 85.1 Å². The van der Waals surface area contributed by atoms with Crippen LogP contribution in [0.3, 0.4) is 0 Å². The molecule has 0 bridgehead atoms. The zero-order chi connectivity index (χ0) is 26.4. The molecule has 0 atom stereocenters. The Kier molecular flexibility index (Phi) is 5.84. The van der Waals surface area contributed by atoms with Crippen LogP contribution in [0.5, 0.6) is 0 Å². The summed E-state index contributed by atoms with van der Waals surface area (Å²) in [5.41, 5.74) is 6.25. The van der Waals surface area contributed by atoms with Crippen LogP contribution in [0.1, 0.15) is 50.5 Å². The van der Waals surface area contributed by atoms with Gasteiger partial charge in [0.25, 0.3) is 11.8 Å². The number of amides is 2. The van der Waals surface area contributed by atoms with Gasteiger partial charge in [-0.25, -0.2) is 4.98 Å². The number of carbonyl (C=O) groups is 2. The molecule has 0 unspecified atom stereocenters. The fourth-order valence-corrected chi connectivity index (χ4v) is 5.82. The molecule has 7 nitrogen and oxygen atoms in total. The first kappa shape index (κ1) is 24.1. The van der Waals surface area contributed by atoms with E-state index in [4.69, 9.17) is 4.98 Å². The van der Waals surface area contributed by atoms with Gasteiger partial charge in [-0.2, -0.15) is 0 Å². The Hall–Kier alpha value is -4.30. The summed E-state index contributed by atoms with van der Waals surface area (Å²) in [5, 5.41) is 5.97. The van der Waals surface area contributed by atoms with Gasteiger partial charge in [-0.05, 0) is 62.1 Å². The molecular weight excluding hydrogens is 494 g/mol. The van der Waals surface area contributed by atoms with Gasteiger partial charge in [-0.15, -0.1) is 0 Å². The highest BCUT2D eigenvalue weighted by Gasteiger charge is 2.47. The van der Waals surface area contributed by atoms with Gasteiger partial charge in [-0.3, -0.25) is 19.0 Å². The summed E-state index contributed by atoms with van der Waals surface area (Å²) in [6.45, 7) is 4.05. The molecule has 0 aliphatic heterocycles. The molecule has 2 amide bonds. The van der Waals surface area contributed by atoms with Crippen molar-refractivity contribution >= 4 is 28.1 Å². The number of nitrogens with zero attached hydrogens (tertiary/aromatic N) is 3. The largest absolute Gasteiger partial charge is 0.354 e. The molecule has 1 aliphatic carbocycles. The Bertz CT molecular complexity index is 1680. The predicted molar refractivity (Wildman–Crippen MR) is 149 cm³/mol. The lowest BCUT2D eigenvalue weighted by Crippen LogP contribution is -2.35. The Balaban J connectivity index is 1.36. The average molecular weight is 522 g/mol. The minimum Gasteiger partial charge on any atom is -0.354 e. The number of nitrogens with one attached hydrogen (secondary N) is 2. The van der Waals surface area contributed by atoms with Gasteiger partial charge in [0.15, 0.2) is 4.96 Å². The summed E-state index contributed by atoms with van der Waals surface area (Å²) in [6, 6.07) is 19.5. The number of rotatable bonds is 6. The second-order valence-corrected chi connectivity index (χ2v) is 10.8. The first-order valence-corrected chi connectivity index (χ1v) is 13.4. The molecule has 3 heterocycles. The van der Waals surface area contributed by atoms with Crippen molar-refractivity contribution in [3.63, 3.8) is 0 Å². The van der Waals surface area contributed by atoms with Crippen molar-refractivity contribution in [1.29, 1.82) is 0 Å². The fourth-order valence-electron chi connectivity index (χ4n) is 4.75. The van der Waals surface area contributed by atoms with Crippen LogP contribution in [0.25, 0.3) is 26.7 Å². The zero-order valence-corrected chi connectivity index (χ0v) is 22.2. The molecule has 2 N–H and O–H groups in total. The quantitative estimate of drug-likeness (QED) is 0.308. The molecule has 1 aliphatic rings. The second kappa shape index (κ2) is 9.22. The van der Waals surface area contributed by atoms with Crippen molar-refractivity contribution in [2.45, 2.75) is 32.2 Å². The lowest BCUT2D eigenvalue weighted by Gasteiger charge is -2.17. The SMILES string of the molecule is CNC(=O)c1c(-c2ccc(C)cc2)nc2sc(-c3cc(C(=O)NC4(c5ccccn5)CC4)ccc3C)cn12. The number of benzene rings is 2. The van der Waals surface area contributed by atoms with E-state index in [1.54, 1.807) is 13.2 Å². The summed E-state index contributed by atoms with van der Waals surface area (Å²) >= 11 is 1.50. The Morgan fingerprint density at radius 1 is 1.00 bits per heavy atom. The molecule has 8 heteroatoms. The molecule has 1 saturated carbocycles. The predicted octanol–water partition coefficient (Wildman–Crippen LogP) is 5.52. The molecule has 38 heavy (non-hydrogen) atoms. The normalized spacial score (nSPS) is 13.9. The molecule has 0 spiro atoms. The van der Waals surface area contributed by atoms with Crippen molar-refractivity contribution in [1.82, 2.24) is 25.0 Å². The number of fused-ring (bicyclic) bond motifs is 1. The lowest BCUT2D eigenvalue weighted by atomic mass is 10.0. The highest BCUT2D eigenvalue weighted by atomic mass is 32.1. The molecule has 0 saturated heterocycles. The van der Waals surface area contributed by atoms with E-state index in [0.29, 0.717) is 17.0 Å². The van der Waals surface area contributed by atoms with Crippen molar-refractivity contribution < 1.29 is 9.59 Å². The molecule has 5 aromatic rings. The van der Waals surface area contributed by atoms with Gasteiger partial charge in [0, 0.05) is 30.6 Å². The summed E-state index contributed by atoms with van der Waals surface area (Å²) < 4.78 is 1.85. The maximum atomic E-state index is 13.3. The summed E-state index contributed by atoms with van der Waals surface area (Å²) in [4.78, 5) is 37.2. The van der Waals surface area contributed by atoms with Crippen LogP contribution in [-0.4, -0.2) is 33.2 Å². The van der Waals surface area contributed by atoms with E-state index in [2.05, 4.69) is 15.6 Å². The fraction of sp³-hybridized carbons (Fsp3) is 0.200. The Morgan fingerprint density at radius 2 is 1.79 bits per heavy atom. The van der Waals surface area contributed by atoms with E-state index in [9.17, 15) is 9.59 Å². The highest BCUT2D eigenvalue weighted by Crippen LogP contribution is 2.44. The van der Waals surface area contributed by atoms with Crippen LogP contribution in [-0.2, 0) is 5.54 Å². The molecule has 190 valence electrons. The standard InChI is InChI=1S/C30H27N5O2S/c1-18-7-10-20(11-8-18)25-26(28(37)31-3)35-17-23(38-29(35)33-25)22-16-21(12-9-19(22)2)27(36)34-30(13-14-30)24-6-4-5-15-32-24/h4-12,15-17H,13-14H2,1-3H3,(H,31,37)(H,34,36). The van der Waals surface area contributed by atoms with Crippen LogP contribution in [0.15, 0.2) is 73.1 Å².